The SMILES string of the molecule is COCCCOc1cc2c(nc1Cl)C(=O)C[C@H](C(C)(C)C)C2. The minimum Gasteiger partial charge on any atom is -0.490 e. The first-order valence-corrected chi connectivity index (χ1v) is 8.05. The fourth-order valence-electron chi connectivity index (χ4n) is 2.67. The molecule has 122 valence electrons. The Balaban J connectivity index is 2.19. The van der Waals surface area contributed by atoms with E-state index in [-0.39, 0.29) is 16.4 Å². The summed E-state index contributed by atoms with van der Waals surface area (Å²) in [5, 5.41) is 0.263. The van der Waals surface area contributed by atoms with E-state index in [1.807, 2.05) is 6.07 Å². The molecule has 0 radical (unpaired) electrons. The van der Waals surface area contributed by atoms with Crippen molar-refractivity contribution in [2.45, 2.75) is 40.0 Å². The van der Waals surface area contributed by atoms with Gasteiger partial charge >= 0.3 is 0 Å². The first-order chi connectivity index (χ1) is 10.3. The lowest BCUT2D eigenvalue weighted by Crippen LogP contribution is -2.30. The standard InChI is InChI=1S/C17H24ClNO3/c1-17(2,3)12-8-11-9-14(22-7-5-6-21-4)16(18)19-15(11)13(20)10-12/h9,12H,5-8,10H2,1-4H3/t12-/m1/s1. The number of aromatic nitrogens is 1. The van der Waals surface area contributed by atoms with E-state index in [4.69, 9.17) is 21.1 Å². The summed E-state index contributed by atoms with van der Waals surface area (Å²) in [5.41, 5.74) is 1.55. The highest BCUT2D eigenvalue weighted by molar-refractivity contribution is 6.31. The maximum atomic E-state index is 12.3. The summed E-state index contributed by atoms with van der Waals surface area (Å²) < 4.78 is 10.7. The number of methoxy groups -OCH3 is 1. The predicted octanol–water partition coefficient (Wildman–Crippen LogP) is 3.94. The van der Waals surface area contributed by atoms with Gasteiger partial charge in [0.2, 0.25) is 0 Å². The number of fused-ring (bicyclic) bond motifs is 1. The molecule has 0 aliphatic heterocycles. The molecule has 5 heteroatoms. The topological polar surface area (TPSA) is 48.4 Å². The molecule has 0 saturated heterocycles. The number of ketones is 1. The third-order valence-corrected chi connectivity index (χ3v) is 4.43. The summed E-state index contributed by atoms with van der Waals surface area (Å²) in [5.74, 6) is 0.949. The van der Waals surface area contributed by atoms with E-state index in [1.165, 1.54) is 0 Å². The molecule has 1 aromatic rings. The van der Waals surface area contributed by atoms with Crippen LogP contribution in [0.5, 0.6) is 5.75 Å². The summed E-state index contributed by atoms with van der Waals surface area (Å²) in [4.78, 5) is 16.6. The van der Waals surface area contributed by atoms with Gasteiger partial charge in [-0.15, -0.1) is 0 Å². The molecule has 0 unspecified atom stereocenters. The van der Waals surface area contributed by atoms with Crippen LogP contribution in [-0.2, 0) is 11.2 Å². The molecule has 0 spiro atoms. The number of carbonyl (C=O) groups excluding carboxylic acids is 1. The molecular formula is C17H24ClNO3. The Morgan fingerprint density at radius 1 is 1.32 bits per heavy atom. The Bertz CT molecular complexity index is 552. The fraction of sp³-hybridized carbons (Fsp3) is 0.647. The van der Waals surface area contributed by atoms with Crippen molar-refractivity contribution in [1.29, 1.82) is 0 Å². The summed E-state index contributed by atoms with van der Waals surface area (Å²) in [6.45, 7) is 7.66. The van der Waals surface area contributed by atoms with Gasteiger partial charge in [-0.25, -0.2) is 4.98 Å². The molecule has 0 bridgehead atoms. The van der Waals surface area contributed by atoms with E-state index in [9.17, 15) is 4.79 Å². The van der Waals surface area contributed by atoms with Gasteiger partial charge in [0, 0.05) is 26.6 Å². The van der Waals surface area contributed by atoms with Crippen LogP contribution in [0.15, 0.2) is 6.07 Å². The van der Waals surface area contributed by atoms with Crippen molar-refractivity contribution >= 4 is 17.4 Å². The quantitative estimate of drug-likeness (QED) is 0.607. The summed E-state index contributed by atoms with van der Waals surface area (Å²) in [6.07, 6.45) is 2.16. The van der Waals surface area contributed by atoms with Gasteiger partial charge in [-0.2, -0.15) is 0 Å². The summed E-state index contributed by atoms with van der Waals surface area (Å²) >= 11 is 6.15. The van der Waals surface area contributed by atoms with Crippen molar-refractivity contribution in [3.05, 3.63) is 22.5 Å². The third-order valence-electron chi connectivity index (χ3n) is 4.16. The first-order valence-electron chi connectivity index (χ1n) is 7.67. The first kappa shape index (κ1) is 17.2. The summed E-state index contributed by atoms with van der Waals surface area (Å²) in [7, 11) is 1.66. The van der Waals surface area contributed by atoms with Crippen LogP contribution < -0.4 is 4.74 Å². The van der Waals surface area contributed by atoms with Crippen molar-refractivity contribution in [1.82, 2.24) is 4.98 Å². The third kappa shape index (κ3) is 3.99. The Morgan fingerprint density at radius 3 is 2.68 bits per heavy atom. The number of halogens is 1. The van der Waals surface area contributed by atoms with Gasteiger partial charge < -0.3 is 9.47 Å². The molecule has 2 rings (SSSR count). The molecule has 1 aliphatic carbocycles. The lowest BCUT2D eigenvalue weighted by atomic mass is 9.71. The zero-order valence-corrected chi connectivity index (χ0v) is 14.5. The average molecular weight is 326 g/mol. The molecule has 0 aromatic carbocycles. The van der Waals surface area contributed by atoms with E-state index >= 15 is 0 Å². The highest BCUT2D eigenvalue weighted by atomic mass is 35.5. The highest BCUT2D eigenvalue weighted by Crippen LogP contribution is 2.38. The predicted molar refractivity (Wildman–Crippen MR) is 86.8 cm³/mol. The van der Waals surface area contributed by atoms with Crippen molar-refractivity contribution < 1.29 is 14.3 Å². The van der Waals surface area contributed by atoms with Gasteiger partial charge in [0.15, 0.2) is 16.7 Å². The number of hydrogen-bond donors (Lipinski definition) is 0. The van der Waals surface area contributed by atoms with E-state index < -0.39 is 0 Å². The van der Waals surface area contributed by atoms with Crippen LogP contribution in [0.25, 0.3) is 0 Å². The van der Waals surface area contributed by atoms with Crippen molar-refractivity contribution in [3.63, 3.8) is 0 Å². The minimum absolute atomic E-state index is 0.0778. The average Bonchev–Trinajstić information content (AvgIpc) is 2.43. The van der Waals surface area contributed by atoms with Crippen LogP contribution in [0, 0.1) is 11.3 Å². The van der Waals surface area contributed by atoms with E-state index in [2.05, 4.69) is 25.8 Å². The summed E-state index contributed by atoms with van der Waals surface area (Å²) in [6, 6.07) is 1.88. The number of rotatable bonds is 5. The largest absolute Gasteiger partial charge is 0.490 e. The molecule has 22 heavy (non-hydrogen) atoms. The van der Waals surface area contributed by atoms with Crippen molar-refractivity contribution in [3.8, 4) is 5.75 Å². The second kappa shape index (κ2) is 6.97. The monoisotopic (exact) mass is 325 g/mol. The molecule has 1 heterocycles. The Hall–Kier alpha value is -1.13. The minimum atomic E-state index is 0.0778. The molecule has 0 N–H and O–H groups in total. The number of hydrogen-bond acceptors (Lipinski definition) is 4. The number of pyridine rings is 1. The zero-order valence-electron chi connectivity index (χ0n) is 13.7. The van der Waals surface area contributed by atoms with Gasteiger partial charge in [0.05, 0.1) is 6.61 Å². The lowest BCUT2D eigenvalue weighted by Gasteiger charge is -2.33. The maximum absolute atomic E-state index is 12.3. The maximum Gasteiger partial charge on any atom is 0.181 e. The van der Waals surface area contributed by atoms with E-state index in [0.717, 1.165) is 18.4 Å². The van der Waals surface area contributed by atoms with Gasteiger partial charge in [-0.05, 0) is 29.4 Å². The second-order valence-electron chi connectivity index (χ2n) is 6.87. The van der Waals surface area contributed by atoms with E-state index in [1.54, 1.807) is 7.11 Å². The second-order valence-corrected chi connectivity index (χ2v) is 7.23. The fourth-order valence-corrected chi connectivity index (χ4v) is 2.86. The van der Waals surface area contributed by atoms with Crippen LogP contribution in [-0.4, -0.2) is 31.1 Å². The van der Waals surface area contributed by atoms with Crippen LogP contribution in [0.3, 0.4) is 0 Å². The molecular weight excluding hydrogens is 302 g/mol. The molecule has 0 saturated carbocycles. The zero-order chi connectivity index (χ0) is 16.3. The van der Waals surface area contributed by atoms with Gasteiger partial charge in [0.1, 0.15) is 5.69 Å². The van der Waals surface area contributed by atoms with E-state index in [0.29, 0.717) is 37.0 Å². The number of ether oxygens (including phenoxy) is 2. The van der Waals surface area contributed by atoms with Crippen LogP contribution >= 0.6 is 11.6 Å². The van der Waals surface area contributed by atoms with Crippen LogP contribution in [0.1, 0.15) is 49.7 Å². The molecule has 0 amide bonds. The molecule has 1 aliphatic rings. The van der Waals surface area contributed by atoms with Crippen LogP contribution in [0.4, 0.5) is 0 Å². The van der Waals surface area contributed by atoms with Crippen molar-refractivity contribution in [2.24, 2.45) is 11.3 Å². The molecule has 4 nitrogen and oxygen atoms in total. The normalized spacial score (nSPS) is 18.2. The Labute approximate surface area is 137 Å². The Morgan fingerprint density at radius 2 is 2.05 bits per heavy atom. The number of carbonyl (C=O) groups is 1. The highest BCUT2D eigenvalue weighted by Gasteiger charge is 2.34. The lowest BCUT2D eigenvalue weighted by molar-refractivity contribution is 0.0887. The number of nitrogens with zero attached hydrogens (tertiary/aromatic N) is 1. The number of Topliss-reactive ketones (excluding diaryl/α,β-unsaturated/α-hetero) is 1. The van der Waals surface area contributed by atoms with Gasteiger partial charge in [-0.3, -0.25) is 4.79 Å². The molecule has 1 atom stereocenters. The smallest absolute Gasteiger partial charge is 0.181 e. The van der Waals surface area contributed by atoms with Crippen molar-refractivity contribution in [2.75, 3.05) is 20.3 Å². The Kier molecular flexibility index (Phi) is 5.45. The molecule has 0 fully saturated rings. The van der Waals surface area contributed by atoms with Gasteiger partial charge in [0.25, 0.3) is 0 Å². The molecule has 1 aromatic heterocycles. The van der Waals surface area contributed by atoms with Gasteiger partial charge in [-0.1, -0.05) is 32.4 Å². The van der Waals surface area contributed by atoms with Crippen LogP contribution in [0.2, 0.25) is 5.15 Å².